The standard InChI is InChI=1S/C73H126O6/c1-4-7-10-13-16-19-22-24-26-28-29-30-31-32-33-34-35-36-37-38-39-40-41-42-43-45-46-48-51-54-57-60-63-66-72(75)78-69-70(68-77-71(74)65-62-59-56-53-50-21-18-15-12-9-6-3)79-73(76)67-64-61-58-55-52-49-47-44-27-25-23-20-17-14-11-8-5-2/h7-8,10-11,16-17,19-20,24-27,29-30,32-33,70H,4-6,9,12-15,18,21-23,28,31,34-69H2,1-3H3/b10-7-,11-8-,19-16-,20-17-,26-24-,27-25-,30-29-,33-32-. The van der Waals surface area contributed by atoms with Crippen molar-refractivity contribution in [3.8, 4) is 0 Å². The first-order valence-electron chi connectivity index (χ1n) is 33.7. The van der Waals surface area contributed by atoms with E-state index in [9.17, 15) is 14.4 Å². The van der Waals surface area contributed by atoms with Crippen LogP contribution in [-0.4, -0.2) is 37.2 Å². The van der Waals surface area contributed by atoms with Gasteiger partial charge in [-0.3, -0.25) is 14.4 Å². The summed E-state index contributed by atoms with van der Waals surface area (Å²) < 4.78 is 16.9. The van der Waals surface area contributed by atoms with Crippen LogP contribution >= 0.6 is 0 Å². The molecule has 0 saturated heterocycles. The molecule has 0 aromatic rings. The summed E-state index contributed by atoms with van der Waals surface area (Å²) in [6.07, 6.45) is 90.1. The first kappa shape index (κ1) is 75.3. The molecule has 0 N–H and O–H groups in total. The van der Waals surface area contributed by atoms with Gasteiger partial charge in [0.15, 0.2) is 6.10 Å². The highest BCUT2D eigenvalue weighted by atomic mass is 16.6. The fourth-order valence-electron chi connectivity index (χ4n) is 9.60. The van der Waals surface area contributed by atoms with Crippen molar-refractivity contribution in [1.82, 2.24) is 0 Å². The van der Waals surface area contributed by atoms with Crippen molar-refractivity contribution in [2.24, 2.45) is 0 Å². The second-order valence-corrected chi connectivity index (χ2v) is 22.3. The molecule has 0 rings (SSSR count). The molecular weight excluding hydrogens is 973 g/mol. The zero-order valence-electron chi connectivity index (χ0n) is 52.1. The lowest BCUT2D eigenvalue weighted by atomic mass is 10.0. The minimum Gasteiger partial charge on any atom is -0.462 e. The van der Waals surface area contributed by atoms with E-state index in [1.807, 2.05) is 0 Å². The third kappa shape index (κ3) is 65.0. The van der Waals surface area contributed by atoms with Gasteiger partial charge in [0.25, 0.3) is 0 Å². The molecule has 0 fully saturated rings. The van der Waals surface area contributed by atoms with E-state index in [4.69, 9.17) is 14.2 Å². The van der Waals surface area contributed by atoms with E-state index in [-0.39, 0.29) is 31.1 Å². The molecular formula is C73H126O6. The van der Waals surface area contributed by atoms with Crippen molar-refractivity contribution < 1.29 is 28.6 Å². The van der Waals surface area contributed by atoms with Crippen LogP contribution in [0.25, 0.3) is 0 Å². The molecule has 0 bridgehead atoms. The van der Waals surface area contributed by atoms with Gasteiger partial charge in [0.2, 0.25) is 0 Å². The molecule has 0 aliphatic carbocycles. The third-order valence-electron chi connectivity index (χ3n) is 14.6. The smallest absolute Gasteiger partial charge is 0.306 e. The minimum atomic E-state index is -0.780. The summed E-state index contributed by atoms with van der Waals surface area (Å²) in [5.41, 5.74) is 0. The van der Waals surface area contributed by atoms with Crippen molar-refractivity contribution in [3.05, 3.63) is 97.2 Å². The number of carbonyl (C=O) groups is 3. The molecule has 0 spiro atoms. The number of carbonyl (C=O) groups excluding carboxylic acids is 3. The van der Waals surface area contributed by atoms with Gasteiger partial charge in [0, 0.05) is 19.3 Å². The van der Waals surface area contributed by atoms with Gasteiger partial charge >= 0.3 is 17.9 Å². The Morgan fingerprint density at radius 3 is 0.772 bits per heavy atom. The summed E-state index contributed by atoms with van der Waals surface area (Å²) >= 11 is 0. The lowest BCUT2D eigenvalue weighted by Crippen LogP contribution is -2.30. The van der Waals surface area contributed by atoms with Crippen molar-refractivity contribution in [2.75, 3.05) is 13.2 Å². The first-order chi connectivity index (χ1) is 39.0. The summed E-state index contributed by atoms with van der Waals surface area (Å²) in [6, 6.07) is 0. The van der Waals surface area contributed by atoms with Crippen molar-refractivity contribution in [3.63, 3.8) is 0 Å². The van der Waals surface area contributed by atoms with Crippen LogP contribution in [0.4, 0.5) is 0 Å². The van der Waals surface area contributed by atoms with Gasteiger partial charge in [-0.25, -0.2) is 0 Å². The summed E-state index contributed by atoms with van der Waals surface area (Å²) in [7, 11) is 0. The van der Waals surface area contributed by atoms with Crippen molar-refractivity contribution >= 4 is 17.9 Å². The van der Waals surface area contributed by atoms with Gasteiger partial charge < -0.3 is 14.2 Å². The molecule has 0 saturated carbocycles. The van der Waals surface area contributed by atoms with Gasteiger partial charge in [0.05, 0.1) is 0 Å². The fourth-order valence-corrected chi connectivity index (χ4v) is 9.60. The SMILES string of the molecule is CC/C=C\C/C=C\C/C=C\C/C=C\C/C=C\CCCCCCCCCCCCCCCCCCCC(=O)OCC(COC(=O)CCCCCCCCCCCCC)OC(=O)CCCCCCCCC/C=C\C/C=C\C/C=C\CC. The number of esters is 3. The van der Waals surface area contributed by atoms with Crippen LogP contribution in [0.15, 0.2) is 97.2 Å². The van der Waals surface area contributed by atoms with E-state index in [1.165, 1.54) is 173 Å². The molecule has 79 heavy (non-hydrogen) atoms. The van der Waals surface area contributed by atoms with Gasteiger partial charge in [0.1, 0.15) is 13.2 Å². The molecule has 1 unspecified atom stereocenters. The van der Waals surface area contributed by atoms with E-state index in [0.29, 0.717) is 19.3 Å². The fraction of sp³-hybridized carbons (Fsp3) is 0.740. The summed E-state index contributed by atoms with van der Waals surface area (Å²) in [5.74, 6) is -0.873. The van der Waals surface area contributed by atoms with E-state index in [0.717, 1.165) is 116 Å². The predicted molar refractivity (Wildman–Crippen MR) is 344 cm³/mol. The van der Waals surface area contributed by atoms with E-state index in [2.05, 4.69) is 118 Å². The molecule has 0 aliphatic heterocycles. The molecule has 1 atom stereocenters. The second-order valence-electron chi connectivity index (χ2n) is 22.3. The van der Waals surface area contributed by atoms with Crippen LogP contribution in [0, 0.1) is 0 Å². The lowest BCUT2D eigenvalue weighted by Gasteiger charge is -2.18. The minimum absolute atomic E-state index is 0.0767. The zero-order valence-corrected chi connectivity index (χ0v) is 52.1. The van der Waals surface area contributed by atoms with Crippen LogP contribution in [0.5, 0.6) is 0 Å². The normalized spacial score (nSPS) is 12.7. The van der Waals surface area contributed by atoms with Crippen molar-refractivity contribution in [2.45, 2.75) is 335 Å². The Morgan fingerprint density at radius 1 is 0.266 bits per heavy atom. The van der Waals surface area contributed by atoms with E-state index >= 15 is 0 Å². The summed E-state index contributed by atoms with van der Waals surface area (Å²) in [6.45, 7) is 6.43. The van der Waals surface area contributed by atoms with E-state index in [1.54, 1.807) is 0 Å². The third-order valence-corrected chi connectivity index (χ3v) is 14.6. The highest BCUT2D eigenvalue weighted by Gasteiger charge is 2.19. The Balaban J connectivity index is 4.14. The maximum absolute atomic E-state index is 12.9. The van der Waals surface area contributed by atoms with Gasteiger partial charge in [-0.2, -0.15) is 0 Å². The highest BCUT2D eigenvalue weighted by molar-refractivity contribution is 5.71. The summed E-state index contributed by atoms with van der Waals surface area (Å²) in [5, 5.41) is 0. The molecule has 6 nitrogen and oxygen atoms in total. The Hall–Kier alpha value is -3.67. The first-order valence-corrected chi connectivity index (χ1v) is 33.7. The number of unbranched alkanes of at least 4 members (excludes halogenated alkanes) is 34. The average Bonchev–Trinajstić information content (AvgIpc) is 3.45. The largest absolute Gasteiger partial charge is 0.462 e. The van der Waals surface area contributed by atoms with Crippen LogP contribution in [-0.2, 0) is 28.6 Å². The molecule has 0 aromatic heterocycles. The van der Waals surface area contributed by atoms with E-state index < -0.39 is 6.10 Å². The van der Waals surface area contributed by atoms with Gasteiger partial charge in [-0.05, 0) is 96.3 Å². The molecule has 454 valence electrons. The van der Waals surface area contributed by atoms with Gasteiger partial charge in [-0.1, -0.05) is 311 Å². The number of rotatable bonds is 61. The monoisotopic (exact) mass is 1100 g/mol. The highest BCUT2D eigenvalue weighted by Crippen LogP contribution is 2.17. The van der Waals surface area contributed by atoms with Crippen LogP contribution in [0.2, 0.25) is 0 Å². The molecule has 0 heterocycles. The Kier molecular flexibility index (Phi) is 63.7. The van der Waals surface area contributed by atoms with Crippen LogP contribution in [0.1, 0.15) is 329 Å². The molecule has 0 aliphatic rings. The number of hydrogen-bond donors (Lipinski definition) is 0. The molecule has 0 radical (unpaired) electrons. The molecule has 0 amide bonds. The Morgan fingerprint density at radius 2 is 0.494 bits per heavy atom. The number of allylic oxidation sites excluding steroid dienone is 16. The van der Waals surface area contributed by atoms with Crippen LogP contribution < -0.4 is 0 Å². The zero-order chi connectivity index (χ0) is 57.1. The Bertz CT molecular complexity index is 1540. The molecule has 6 heteroatoms. The summed E-state index contributed by atoms with van der Waals surface area (Å²) in [4.78, 5) is 38.3. The lowest BCUT2D eigenvalue weighted by molar-refractivity contribution is -0.167. The quantitative estimate of drug-likeness (QED) is 0.0261. The maximum Gasteiger partial charge on any atom is 0.306 e. The van der Waals surface area contributed by atoms with Crippen molar-refractivity contribution in [1.29, 1.82) is 0 Å². The second kappa shape index (κ2) is 66.8. The Labute approximate surface area is 489 Å². The predicted octanol–water partition coefficient (Wildman–Crippen LogP) is 23.2. The maximum atomic E-state index is 12.9. The van der Waals surface area contributed by atoms with Gasteiger partial charge in [-0.15, -0.1) is 0 Å². The number of ether oxygens (including phenoxy) is 3. The number of hydrogen-bond acceptors (Lipinski definition) is 6. The molecule has 0 aromatic carbocycles. The topological polar surface area (TPSA) is 78.9 Å². The van der Waals surface area contributed by atoms with Crippen LogP contribution in [0.3, 0.4) is 0 Å². The average molecular weight is 1100 g/mol.